The minimum Gasteiger partial charge on any atom is -0.411 e. The molecular formula is C5H6N2O. The van der Waals surface area contributed by atoms with Gasteiger partial charge in [-0.1, -0.05) is 0 Å². The van der Waals surface area contributed by atoms with E-state index in [4.69, 9.17) is 4.84 Å². The summed E-state index contributed by atoms with van der Waals surface area (Å²) >= 11 is 0. The SMILES string of the molecule is C1=NC=C2ONCC12. The second-order valence-corrected chi connectivity index (χ2v) is 1.89. The fourth-order valence-corrected chi connectivity index (χ4v) is 0.860. The third-order valence-electron chi connectivity index (χ3n) is 1.33. The molecule has 3 nitrogen and oxygen atoms in total. The molecule has 0 aromatic heterocycles. The summed E-state index contributed by atoms with van der Waals surface area (Å²) in [5, 5.41) is 0. The van der Waals surface area contributed by atoms with Gasteiger partial charge in [0.05, 0.1) is 12.1 Å². The van der Waals surface area contributed by atoms with Crippen molar-refractivity contribution >= 4 is 6.21 Å². The van der Waals surface area contributed by atoms with E-state index in [-0.39, 0.29) is 0 Å². The average Bonchev–Trinajstić information content (AvgIpc) is 2.15. The number of nitrogens with one attached hydrogen (secondary N) is 1. The quantitative estimate of drug-likeness (QED) is 0.478. The van der Waals surface area contributed by atoms with Crippen LogP contribution in [0.4, 0.5) is 0 Å². The van der Waals surface area contributed by atoms with Gasteiger partial charge in [-0.25, -0.2) is 0 Å². The maximum absolute atomic E-state index is 4.96. The van der Waals surface area contributed by atoms with Crippen molar-refractivity contribution in [3.8, 4) is 0 Å². The van der Waals surface area contributed by atoms with Crippen LogP contribution in [0.15, 0.2) is 17.0 Å². The minimum absolute atomic E-state index is 0.412. The lowest BCUT2D eigenvalue weighted by Crippen LogP contribution is -2.07. The zero-order chi connectivity index (χ0) is 5.40. The summed E-state index contributed by atoms with van der Waals surface area (Å²) in [6, 6.07) is 0. The Morgan fingerprint density at radius 2 is 2.88 bits per heavy atom. The predicted molar refractivity (Wildman–Crippen MR) is 29.2 cm³/mol. The largest absolute Gasteiger partial charge is 0.411 e. The smallest absolute Gasteiger partial charge is 0.152 e. The van der Waals surface area contributed by atoms with Crippen molar-refractivity contribution in [1.29, 1.82) is 0 Å². The first-order chi connectivity index (χ1) is 3.97. The van der Waals surface area contributed by atoms with Crippen molar-refractivity contribution in [3.05, 3.63) is 12.0 Å². The van der Waals surface area contributed by atoms with Gasteiger partial charge in [-0.05, 0) is 0 Å². The van der Waals surface area contributed by atoms with Crippen LogP contribution < -0.4 is 5.48 Å². The maximum atomic E-state index is 4.96. The number of nitrogens with zero attached hydrogens (tertiary/aromatic N) is 1. The highest BCUT2D eigenvalue weighted by Crippen LogP contribution is 2.18. The topological polar surface area (TPSA) is 33.6 Å². The van der Waals surface area contributed by atoms with Crippen LogP contribution >= 0.6 is 0 Å². The van der Waals surface area contributed by atoms with Crippen molar-refractivity contribution in [3.63, 3.8) is 0 Å². The van der Waals surface area contributed by atoms with Crippen molar-refractivity contribution in [2.75, 3.05) is 6.54 Å². The highest BCUT2D eigenvalue weighted by molar-refractivity contribution is 5.69. The van der Waals surface area contributed by atoms with Crippen LogP contribution in [0.25, 0.3) is 0 Å². The molecule has 1 unspecified atom stereocenters. The normalized spacial score (nSPS) is 32.0. The van der Waals surface area contributed by atoms with Gasteiger partial charge in [0.2, 0.25) is 0 Å². The van der Waals surface area contributed by atoms with Gasteiger partial charge in [-0.15, -0.1) is 0 Å². The number of hydrogen-bond donors (Lipinski definition) is 1. The number of hydrogen-bond acceptors (Lipinski definition) is 3. The minimum atomic E-state index is 0.412. The monoisotopic (exact) mass is 110 g/mol. The van der Waals surface area contributed by atoms with E-state index in [1.165, 1.54) is 0 Å². The van der Waals surface area contributed by atoms with Gasteiger partial charge in [0.25, 0.3) is 0 Å². The lowest BCUT2D eigenvalue weighted by Gasteiger charge is -1.90. The highest BCUT2D eigenvalue weighted by atomic mass is 16.7. The molecule has 0 bridgehead atoms. The van der Waals surface area contributed by atoms with E-state index in [1.807, 2.05) is 6.21 Å². The average molecular weight is 110 g/mol. The summed E-state index contributed by atoms with van der Waals surface area (Å²) < 4.78 is 0. The van der Waals surface area contributed by atoms with Crippen molar-refractivity contribution in [1.82, 2.24) is 5.48 Å². The molecule has 8 heavy (non-hydrogen) atoms. The molecule has 2 rings (SSSR count). The molecule has 0 saturated carbocycles. The number of aliphatic imine (C=N–C) groups is 1. The molecule has 0 aliphatic carbocycles. The molecule has 0 amide bonds. The Hall–Kier alpha value is -0.830. The molecule has 3 heteroatoms. The van der Waals surface area contributed by atoms with E-state index in [9.17, 15) is 0 Å². The summed E-state index contributed by atoms with van der Waals surface area (Å²) in [5.74, 6) is 1.36. The van der Waals surface area contributed by atoms with E-state index >= 15 is 0 Å². The van der Waals surface area contributed by atoms with Crippen LogP contribution in [0.1, 0.15) is 0 Å². The fourth-order valence-electron chi connectivity index (χ4n) is 0.860. The Morgan fingerprint density at radius 1 is 1.88 bits per heavy atom. The molecule has 0 spiro atoms. The summed E-state index contributed by atoms with van der Waals surface area (Å²) in [6.45, 7) is 0.870. The van der Waals surface area contributed by atoms with Crippen LogP contribution in [0, 0.1) is 5.92 Å². The first kappa shape index (κ1) is 4.09. The first-order valence-corrected chi connectivity index (χ1v) is 2.60. The Balaban J connectivity index is 2.29. The Kier molecular flexibility index (Phi) is 0.676. The van der Waals surface area contributed by atoms with Gasteiger partial charge in [0, 0.05) is 12.8 Å². The van der Waals surface area contributed by atoms with E-state index in [1.54, 1.807) is 6.20 Å². The van der Waals surface area contributed by atoms with Gasteiger partial charge < -0.3 is 4.84 Å². The number of fused-ring (bicyclic) bond motifs is 1. The van der Waals surface area contributed by atoms with Gasteiger partial charge in [0.1, 0.15) is 0 Å². The van der Waals surface area contributed by atoms with Crippen molar-refractivity contribution < 1.29 is 4.84 Å². The van der Waals surface area contributed by atoms with Crippen LogP contribution in [0.2, 0.25) is 0 Å². The molecule has 1 fully saturated rings. The van der Waals surface area contributed by atoms with Crippen LogP contribution in [-0.2, 0) is 4.84 Å². The second-order valence-electron chi connectivity index (χ2n) is 1.89. The lowest BCUT2D eigenvalue weighted by molar-refractivity contribution is 0.155. The second kappa shape index (κ2) is 1.32. The van der Waals surface area contributed by atoms with Gasteiger partial charge in [-0.2, -0.15) is 5.48 Å². The van der Waals surface area contributed by atoms with E-state index < -0.39 is 0 Å². The molecule has 1 atom stereocenters. The van der Waals surface area contributed by atoms with E-state index in [0.717, 1.165) is 12.3 Å². The van der Waals surface area contributed by atoms with Crippen molar-refractivity contribution in [2.24, 2.45) is 10.9 Å². The summed E-state index contributed by atoms with van der Waals surface area (Å²) in [7, 11) is 0. The van der Waals surface area contributed by atoms with Crippen molar-refractivity contribution in [2.45, 2.75) is 0 Å². The lowest BCUT2D eigenvalue weighted by atomic mass is 10.2. The molecular weight excluding hydrogens is 104 g/mol. The van der Waals surface area contributed by atoms with E-state index in [2.05, 4.69) is 10.5 Å². The standard InChI is InChI=1S/C5H6N2O/c1-4-2-7-8-5(4)3-6-1/h1,3-4,7H,2H2. The van der Waals surface area contributed by atoms with Gasteiger partial charge in [-0.3, -0.25) is 4.99 Å². The molecule has 1 saturated heterocycles. The molecule has 1 N–H and O–H groups in total. The Morgan fingerprint density at radius 3 is 3.75 bits per heavy atom. The molecule has 2 aliphatic rings. The summed E-state index contributed by atoms with van der Waals surface area (Å²) in [4.78, 5) is 8.88. The molecule has 42 valence electrons. The zero-order valence-electron chi connectivity index (χ0n) is 4.29. The highest BCUT2D eigenvalue weighted by Gasteiger charge is 2.23. The number of hydroxylamine groups is 1. The maximum Gasteiger partial charge on any atom is 0.152 e. The fraction of sp³-hybridized carbons (Fsp3) is 0.400. The van der Waals surface area contributed by atoms with Crippen LogP contribution in [0.5, 0.6) is 0 Å². The molecule has 0 aromatic carbocycles. The molecule has 0 radical (unpaired) electrons. The third kappa shape index (κ3) is 0.391. The molecule has 2 aliphatic heterocycles. The third-order valence-corrected chi connectivity index (χ3v) is 1.33. The number of rotatable bonds is 0. The van der Waals surface area contributed by atoms with E-state index in [0.29, 0.717) is 5.92 Å². The van der Waals surface area contributed by atoms with Crippen LogP contribution in [-0.4, -0.2) is 12.8 Å². The van der Waals surface area contributed by atoms with Gasteiger partial charge in [0.15, 0.2) is 5.76 Å². The Bertz CT molecular complexity index is 162. The van der Waals surface area contributed by atoms with Gasteiger partial charge >= 0.3 is 0 Å². The molecule has 2 heterocycles. The summed E-state index contributed by atoms with van der Waals surface area (Å²) in [6.07, 6.45) is 3.62. The summed E-state index contributed by atoms with van der Waals surface area (Å²) in [5.41, 5.74) is 2.76. The first-order valence-electron chi connectivity index (χ1n) is 2.60. The molecule has 0 aromatic rings. The van der Waals surface area contributed by atoms with Crippen LogP contribution in [0.3, 0.4) is 0 Å². The zero-order valence-corrected chi connectivity index (χ0v) is 4.29. The Labute approximate surface area is 47.0 Å². The predicted octanol–water partition coefficient (Wildman–Crippen LogP) is 0.0632.